The lowest BCUT2D eigenvalue weighted by molar-refractivity contribution is -0.143. The molecule has 0 spiro atoms. The highest BCUT2D eigenvalue weighted by Crippen LogP contribution is 2.39. The third kappa shape index (κ3) is 3.18. The van der Waals surface area contributed by atoms with E-state index in [2.05, 4.69) is 23.8 Å². The quantitative estimate of drug-likeness (QED) is 0.922. The summed E-state index contributed by atoms with van der Waals surface area (Å²) >= 11 is 1.67. The smallest absolute Gasteiger partial charge is 0.230 e. The first-order valence-corrected chi connectivity index (χ1v) is 7.98. The molecule has 106 valence electrons. The van der Waals surface area contributed by atoms with Crippen LogP contribution in [0.3, 0.4) is 0 Å². The molecule has 1 saturated carbocycles. The third-order valence-electron chi connectivity index (χ3n) is 4.42. The minimum atomic E-state index is -0.308. The Morgan fingerprint density at radius 3 is 2.74 bits per heavy atom. The zero-order valence-corrected chi connectivity index (χ0v) is 12.7. The van der Waals surface area contributed by atoms with Gasteiger partial charge < -0.3 is 10.6 Å². The summed E-state index contributed by atoms with van der Waals surface area (Å²) in [5.74, 6) is 0.961. The number of hydrogen-bond acceptors (Lipinski definition) is 3. The van der Waals surface area contributed by atoms with Crippen LogP contribution in [-0.2, 0) is 11.3 Å². The minimum absolute atomic E-state index is 0.230. The molecule has 0 unspecified atom stereocenters. The van der Waals surface area contributed by atoms with Crippen LogP contribution in [0.5, 0.6) is 0 Å². The van der Waals surface area contributed by atoms with Crippen molar-refractivity contribution in [1.29, 1.82) is 0 Å². The molecule has 1 heterocycles. The fourth-order valence-corrected chi connectivity index (χ4v) is 3.61. The first-order valence-electron chi connectivity index (χ1n) is 7.04. The molecule has 2 rings (SSSR count). The highest BCUT2D eigenvalue weighted by Gasteiger charge is 2.41. The average molecular weight is 280 g/mol. The Labute approximate surface area is 119 Å². The highest BCUT2D eigenvalue weighted by atomic mass is 32.1. The van der Waals surface area contributed by atoms with Crippen molar-refractivity contribution in [3.05, 3.63) is 22.4 Å². The van der Waals surface area contributed by atoms with Gasteiger partial charge in [-0.25, -0.2) is 0 Å². The zero-order valence-electron chi connectivity index (χ0n) is 11.9. The minimum Gasteiger partial charge on any atom is -0.341 e. The molecule has 3 nitrogen and oxygen atoms in total. The Balaban J connectivity index is 2.03. The van der Waals surface area contributed by atoms with E-state index < -0.39 is 0 Å². The van der Waals surface area contributed by atoms with E-state index in [9.17, 15) is 4.79 Å². The topological polar surface area (TPSA) is 46.3 Å². The van der Waals surface area contributed by atoms with E-state index in [1.165, 1.54) is 5.56 Å². The summed E-state index contributed by atoms with van der Waals surface area (Å²) < 4.78 is 0. The molecule has 1 fully saturated rings. The maximum atomic E-state index is 12.7. The predicted octanol–water partition coefficient (Wildman–Crippen LogP) is 2.86. The molecule has 19 heavy (non-hydrogen) atoms. The van der Waals surface area contributed by atoms with Gasteiger partial charge in [0.15, 0.2) is 0 Å². The fourth-order valence-electron chi connectivity index (χ4n) is 2.95. The number of amides is 1. The Morgan fingerprint density at radius 1 is 1.53 bits per heavy atom. The van der Waals surface area contributed by atoms with E-state index in [1.54, 1.807) is 11.3 Å². The first kappa shape index (κ1) is 14.5. The van der Waals surface area contributed by atoms with Crippen molar-refractivity contribution in [2.45, 2.75) is 39.2 Å². The van der Waals surface area contributed by atoms with Crippen molar-refractivity contribution >= 4 is 17.2 Å². The number of thiophene rings is 1. The lowest BCUT2D eigenvalue weighted by atomic mass is 9.70. The molecular formula is C15H24N2OS. The van der Waals surface area contributed by atoms with Crippen LogP contribution in [0.15, 0.2) is 16.8 Å². The van der Waals surface area contributed by atoms with Crippen LogP contribution in [0.2, 0.25) is 0 Å². The van der Waals surface area contributed by atoms with Gasteiger partial charge in [-0.05, 0) is 54.0 Å². The number of carbonyl (C=O) groups excluding carboxylic acids is 1. The van der Waals surface area contributed by atoms with Crippen LogP contribution < -0.4 is 5.73 Å². The van der Waals surface area contributed by atoms with Crippen LogP contribution in [0, 0.1) is 11.3 Å². The predicted molar refractivity (Wildman–Crippen MR) is 79.9 cm³/mol. The van der Waals surface area contributed by atoms with E-state index in [4.69, 9.17) is 5.73 Å². The van der Waals surface area contributed by atoms with Gasteiger partial charge in [-0.1, -0.05) is 6.92 Å². The monoisotopic (exact) mass is 280 g/mol. The van der Waals surface area contributed by atoms with Crippen molar-refractivity contribution in [3.63, 3.8) is 0 Å². The molecule has 0 aliphatic heterocycles. The number of rotatable bonds is 4. The van der Waals surface area contributed by atoms with Crippen molar-refractivity contribution in [3.8, 4) is 0 Å². The summed E-state index contributed by atoms with van der Waals surface area (Å²) in [5, 5.41) is 4.15. The SMILES string of the molecule is CC1CCC(CN)(C(=O)N(C)Cc2ccsc2)CC1. The number of carbonyl (C=O) groups is 1. The number of nitrogens with zero attached hydrogens (tertiary/aromatic N) is 1. The average Bonchev–Trinajstić information content (AvgIpc) is 2.92. The van der Waals surface area contributed by atoms with Gasteiger partial charge in [0.1, 0.15) is 0 Å². The molecule has 0 aromatic carbocycles. The molecule has 2 N–H and O–H groups in total. The molecule has 0 radical (unpaired) electrons. The van der Waals surface area contributed by atoms with Gasteiger partial charge in [0.25, 0.3) is 0 Å². The number of hydrogen-bond donors (Lipinski definition) is 1. The second kappa shape index (κ2) is 6.06. The molecule has 0 saturated heterocycles. The fraction of sp³-hybridized carbons (Fsp3) is 0.667. The van der Waals surface area contributed by atoms with Crippen molar-refractivity contribution in [2.24, 2.45) is 17.1 Å². The molecule has 1 aromatic rings. The van der Waals surface area contributed by atoms with Gasteiger partial charge in [-0.3, -0.25) is 4.79 Å². The lowest BCUT2D eigenvalue weighted by Crippen LogP contribution is -2.48. The highest BCUT2D eigenvalue weighted by molar-refractivity contribution is 7.07. The van der Waals surface area contributed by atoms with Gasteiger partial charge in [0.2, 0.25) is 5.91 Å². The molecule has 4 heteroatoms. The molecule has 0 atom stereocenters. The summed E-state index contributed by atoms with van der Waals surface area (Å²) in [7, 11) is 1.90. The Bertz CT molecular complexity index is 408. The van der Waals surface area contributed by atoms with Crippen molar-refractivity contribution < 1.29 is 4.79 Å². The van der Waals surface area contributed by atoms with E-state index in [0.717, 1.165) is 31.6 Å². The molecule has 1 aliphatic rings. The van der Waals surface area contributed by atoms with Crippen molar-refractivity contribution in [1.82, 2.24) is 4.90 Å². The lowest BCUT2D eigenvalue weighted by Gasteiger charge is -2.39. The molecule has 1 aromatic heterocycles. The van der Waals surface area contributed by atoms with Crippen LogP contribution in [0.25, 0.3) is 0 Å². The summed E-state index contributed by atoms with van der Waals surface area (Å²) in [6, 6.07) is 2.08. The van der Waals surface area contributed by atoms with Gasteiger partial charge >= 0.3 is 0 Å². The summed E-state index contributed by atoms with van der Waals surface area (Å²) in [6.45, 7) is 3.44. The van der Waals surface area contributed by atoms with Crippen LogP contribution in [0.1, 0.15) is 38.2 Å². The standard InChI is InChI=1S/C15H24N2OS/c1-12-3-6-15(11-16,7-4-12)14(18)17(2)9-13-5-8-19-10-13/h5,8,10,12H,3-4,6-7,9,11,16H2,1-2H3. The van der Waals surface area contributed by atoms with E-state index >= 15 is 0 Å². The van der Waals surface area contributed by atoms with Gasteiger partial charge in [-0.15, -0.1) is 0 Å². The maximum absolute atomic E-state index is 12.7. The third-order valence-corrected chi connectivity index (χ3v) is 5.15. The van der Waals surface area contributed by atoms with Crippen LogP contribution in [-0.4, -0.2) is 24.4 Å². The van der Waals surface area contributed by atoms with Crippen LogP contribution >= 0.6 is 11.3 Å². The zero-order chi connectivity index (χ0) is 13.9. The van der Waals surface area contributed by atoms with Gasteiger partial charge in [-0.2, -0.15) is 11.3 Å². The Hall–Kier alpha value is -0.870. The second-order valence-corrected chi connectivity index (χ2v) is 6.74. The largest absolute Gasteiger partial charge is 0.341 e. The molecule has 1 amide bonds. The molecule has 0 bridgehead atoms. The van der Waals surface area contributed by atoms with Crippen molar-refractivity contribution in [2.75, 3.05) is 13.6 Å². The van der Waals surface area contributed by atoms with Gasteiger partial charge in [0.05, 0.1) is 5.41 Å². The maximum Gasteiger partial charge on any atom is 0.230 e. The molecule has 1 aliphatic carbocycles. The van der Waals surface area contributed by atoms with E-state index in [1.807, 2.05) is 11.9 Å². The first-order chi connectivity index (χ1) is 9.07. The summed E-state index contributed by atoms with van der Waals surface area (Å²) in [4.78, 5) is 14.6. The summed E-state index contributed by atoms with van der Waals surface area (Å²) in [5.41, 5.74) is 6.85. The number of nitrogens with two attached hydrogens (primary N) is 1. The Morgan fingerprint density at radius 2 is 2.21 bits per heavy atom. The molecular weight excluding hydrogens is 256 g/mol. The summed E-state index contributed by atoms with van der Waals surface area (Å²) in [6.07, 6.45) is 4.12. The van der Waals surface area contributed by atoms with Gasteiger partial charge in [0, 0.05) is 20.1 Å². The van der Waals surface area contributed by atoms with E-state index in [0.29, 0.717) is 13.1 Å². The second-order valence-electron chi connectivity index (χ2n) is 5.96. The Kier molecular flexibility index (Phi) is 4.63. The van der Waals surface area contributed by atoms with Crippen LogP contribution in [0.4, 0.5) is 0 Å². The normalized spacial score (nSPS) is 27.2. The van der Waals surface area contributed by atoms with E-state index in [-0.39, 0.29) is 11.3 Å².